The average Bonchev–Trinajstić information content (AvgIpc) is 2.25. The fourth-order valence-corrected chi connectivity index (χ4v) is 5.06. The summed E-state index contributed by atoms with van der Waals surface area (Å²) in [4.78, 5) is 0.0635. The second-order valence-electron chi connectivity index (χ2n) is 4.49. The van der Waals surface area contributed by atoms with Crippen molar-refractivity contribution in [3.8, 4) is 0 Å². The maximum Gasteiger partial charge on any atom is 0.242 e. The largest absolute Gasteiger partial charge is 0.399 e. The van der Waals surface area contributed by atoms with E-state index in [1.807, 2.05) is 0 Å². The van der Waals surface area contributed by atoms with E-state index in [4.69, 9.17) is 5.73 Å². The van der Waals surface area contributed by atoms with Crippen molar-refractivity contribution in [2.75, 3.05) is 12.3 Å². The molecule has 0 aromatic heterocycles. The molecule has 0 aliphatic heterocycles. The summed E-state index contributed by atoms with van der Waals surface area (Å²) in [5.41, 5.74) is 4.98. The normalized spacial score (nSPS) is 15.2. The first kappa shape index (κ1) is 16.9. The highest BCUT2D eigenvalue weighted by molar-refractivity contribution is 9.11. The van der Waals surface area contributed by atoms with Gasteiger partial charge in [-0.2, -0.15) is 0 Å². The van der Waals surface area contributed by atoms with Gasteiger partial charge in [0.05, 0.1) is 5.60 Å². The molecule has 0 aliphatic rings. The Morgan fingerprint density at radius 2 is 1.84 bits per heavy atom. The van der Waals surface area contributed by atoms with E-state index >= 15 is 0 Å². The van der Waals surface area contributed by atoms with Crippen LogP contribution < -0.4 is 10.5 Å². The van der Waals surface area contributed by atoms with Crippen LogP contribution >= 0.6 is 31.9 Å². The number of nitrogens with two attached hydrogens (primary N) is 1. The first-order valence-corrected chi connectivity index (χ1v) is 8.62. The Balaban J connectivity index is 3.09. The van der Waals surface area contributed by atoms with Gasteiger partial charge in [0, 0.05) is 21.2 Å². The van der Waals surface area contributed by atoms with Crippen LogP contribution in [0.2, 0.25) is 0 Å². The number of sulfonamides is 1. The lowest BCUT2D eigenvalue weighted by molar-refractivity contribution is 0.0613. The third kappa shape index (κ3) is 4.42. The zero-order valence-corrected chi connectivity index (χ0v) is 14.6. The Bertz CT molecular complexity index is 550. The van der Waals surface area contributed by atoms with Crippen molar-refractivity contribution < 1.29 is 13.5 Å². The Morgan fingerprint density at radius 1 is 1.37 bits per heavy atom. The van der Waals surface area contributed by atoms with Crippen LogP contribution in [0.25, 0.3) is 0 Å². The lowest BCUT2D eigenvalue weighted by Gasteiger charge is -2.22. The molecule has 0 saturated carbocycles. The summed E-state index contributed by atoms with van der Waals surface area (Å²) in [6.07, 6.45) is 0.444. The summed E-state index contributed by atoms with van der Waals surface area (Å²) >= 11 is 6.36. The van der Waals surface area contributed by atoms with Gasteiger partial charge in [0.25, 0.3) is 0 Å². The van der Waals surface area contributed by atoms with E-state index in [-0.39, 0.29) is 11.4 Å². The molecule has 1 unspecified atom stereocenters. The SMILES string of the molecule is CCC(C)(O)CNS(=O)(=O)c1c(Br)cc(N)cc1Br. The molecule has 1 rings (SSSR count). The van der Waals surface area contributed by atoms with Crippen molar-refractivity contribution in [2.45, 2.75) is 30.8 Å². The summed E-state index contributed by atoms with van der Waals surface area (Å²) in [7, 11) is -3.74. The molecule has 1 aromatic rings. The second-order valence-corrected chi connectivity index (χ2v) is 7.90. The third-order valence-corrected chi connectivity index (χ3v) is 5.97. The molecule has 1 atom stereocenters. The number of nitrogen functional groups attached to an aromatic ring is 1. The Morgan fingerprint density at radius 3 is 2.26 bits per heavy atom. The van der Waals surface area contributed by atoms with Gasteiger partial charge in [0.2, 0.25) is 10.0 Å². The molecule has 0 spiro atoms. The molecule has 4 N–H and O–H groups in total. The van der Waals surface area contributed by atoms with Crippen LogP contribution in [0.3, 0.4) is 0 Å². The Kier molecular flexibility index (Phi) is 5.42. The average molecular weight is 416 g/mol. The van der Waals surface area contributed by atoms with Crippen LogP contribution in [-0.2, 0) is 10.0 Å². The minimum atomic E-state index is -3.74. The van der Waals surface area contributed by atoms with Crippen molar-refractivity contribution >= 4 is 47.6 Å². The number of hydrogen-bond acceptors (Lipinski definition) is 4. The number of anilines is 1. The maximum absolute atomic E-state index is 12.2. The van der Waals surface area contributed by atoms with Crippen molar-refractivity contribution in [3.05, 3.63) is 21.1 Å². The number of benzene rings is 1. The van der Waals surface area contributed by atoms with Gasteiger partial charge in [0.1, 0.15) is 4.90 Å². The van der Waals surface area contributed by atoms with Crippen molar-refractivity contribution in [3.63, 3.8) is 0 Å². The summed E-state index contributed by atoms with van der Waals surface area (Å²) in [5, 5.41) is 9.85. The van der Waals surface area contributed by atoms with E-state index in [1.165, 1.54) is 12.1 Å². The molecular formula is C11H16Br2N2O3S. The van der Waals surface area contributed by atoms with E-state index in [2.05, 4.69) is 36.6 Å². The van der Waals surface area contributed by atoms with Gasteiger partial charge < -0.3 is 10.8 Å². The molecule has 5 nitrogen and oxygen atoms in total. The number of hydrogen-bond donors (Lipinski definition) is 3. The van der Waals surface area contributed by atoms with E-state index in [9.17, 15) is 13.5 Å². The molecule has 1 aromatic carbocycles. The van der Waals surface area contributed by atoms with Crippen LogP contribution in [0.15, 0.2) is 26.0 Å². The van der Waals surface area contributed by atoms with Gasteiger partial charge in [-0.05, 0) is 57.3 Å². The predicted octanol–water partition coefficient (Wildman–Crippen LogP) is 2.23. The zero-order chi connectivity index (χ0) is 14.8. The Labute approximate surface area is 129 Å². The van der Waals surface area contributed by atoms with Crippen molar-refractivity contribution in [1.82, 2.24) is 4.72 Å². The molecule has 0 fully saturated rings. The first-order chi connectivity index (χ1) is 8.59. The molecule has 0 amide bonds. The van der Waals surface area contributed by atoms with Crippen LogP contribution in [-0.4, -0.2) is 25.7 Å². The number of aliphatic hydroxyl groups is 1. The van der Waals surface area contributed by atoms with E-state index in [0.29, 0.717) is 21.1 Å². The van der Waals surface area contributed by atoms with Gasteiger partial charge in [-0.1, -0.05) is 6.92 Å². The molecule has 8 heteroatoms. The first-order valence-electron chi connectivity index (χ1n) is 5.55. The molecule has 0 aliphatic carbocycles. The quantitative estimate of drug-likeness (QED) is 0.643. The van der Waals surface area contributed by atoms with Gasteiger partial charge in [-0.25, -0.2) is 13.1 Å². The van der Waals surface area contributed by atoms with E-state index in [1.54, 1.807) is 13.8 Å². The molecule has 0 heterocycles. The highest BCUT2D eigenvalue weighted by Crippen LogP contribution is 2.32. The van der Waals surface area contributed by atoms with Gasteiger partial charge >= 0.3 is 0 Å². The van der Waals surface area contributed by atoms with Gasteiger partial charge in [-0.3, -0.25) is 0 Å². The third-order valence-electron chi connectivity index (χ3n) is 2.69. The standard InChI is InChI=1S/C11H16Br2N2O3S/c1-3-11(2,16)6-15-19(17,18)10-8(12)4-7(14)5-9(10)13/h4-5,15-16H,3,6,14H2,1-2H3. The summed E-state index contributed by atoms with van der Waals surface area (Å²) in [6.45, 7) is 3.29. The highest BCUT2D eigenvalue weighted by atomic mass is 79.9. The number of nitrogens with one attached hydrogen (secondary N) is 1. The van der Waals surface area contributed by atoms with Crippen molar-refractivity contribution in [2.24, 2.45) is 0 Å². The smallest absolute Gasteiger partial charge is 0.242 e. The number of rotatable bonds is 5. The maximum atomic E-state index is 12.2. The fourth-order valence-electron chi connectivity index (χ4n) is 1.28. The second kappa shape index (κ2) is 6.09. The van der Waals surface area contributed by atoms with E-state index in [0.717, 1.165) is 0 Å². The van der Waals surface area contributed by atoms with Crippen LogP contribution in [0, 0.1) is 0 Å². The highest BCUT2D eigenvalue weighted by Gasteiger charge is 2.25. The van der Waals surface area contributed by atoms with Crippen LogP contribution in [0.1, 0.15) is 20.3 Å². The summed E-state index contributed by atoms with van der Waals surface area (Å²) in [6, 6.07) is 3.02. The minimum Gasteiger partial charge on any atom is -0.399 e. The van der Waals surface area contributed by atoms with E-state index < -0.39 is 15.6 Å². The summed E-state index contributed by atoms with van der Waals surface area (Å²) < 4.78 is 27.6. The van der Waals surface area contributed by atoms with Crippen LogP contribution in [0.5, 0.6) is 0 Å². The lowest BCUT2D eigenvalue weighted by Crippen LogP contribution is -2.40. The zero-order valence-electron chi connectivity index (χ0n) is 10.6. The van der Waals surface area contributed by atoms with Crippen LogP contribution in [0.4, 0.5) is 5.69 Å². The lowest BCUT2D eigenvalue weighted by atomic mass is 10.1. The van der Waals surface area contributed by atoms with Gasteiger partial charge in [0.15, 0.2) is 0 Å². The minimum absolute atomic E-state index is 0.0604. The summed E-state index contributed by atoms with van der Waals surface area (Å²) in [5.74, 6) is 0. The molecule has 108 valence electrons. The molecule has 0 bridgehead atoms. The number of halogens is 2. The topological polar surface area (TPSA) is 92.4 Å². The van der Waals surface area contributed by atoms with Crippen molar-refractivity contribution in [1.29, 1.82) is 0 Å². The fraction of sp³-hybridized carbons (Fsp3) is 0.455. The molecular weight excluding hydrogens is 400 g/mol. The molecule has 0 saturated heterocycles. The Hall–Kier alpha value is -0.150. The van der Waals surface area contributed by atoms with Gasteiger partial charge in [-0.15, -0.1) is 0 Å². The molecule has 19 heavy (non-hydrogen) atoms. The predicted molar refractivity (Wildman–Crippen MR) is 82.4 cm³/mol. The molecule has 0 radical (unpaired) electrons. The monoisotopic (exact) mass is 414 g/mol.